The molecule has 2 nitrogen and oxygen atoms in total. The van der Waals surface area contributed by atoms with Crippen molar-refractivity contribution in [3.8, 4) is 0 Å². The molecule has 0 aromatic heterocycles. The molecule has 1 aromatic carbocycles. The van der Waals surface area contributed by atoms with Gasteiger partial charge in [-0.1, -0.05) is 37.7 Å². The molecule has 0 aliphatic heterocycles. The molecule has 0 unspecified atom stereocenters. The molecule has 0 amide bonds. The number of nitrogens with one attached hydrogen (secondary N) is 1. The topological polar surface area (TPSA) is 38.0 Å². The van der Waals surface area contributed by atoms with Crippen molar-refractivity contribution < 1.29 is 0 Å². The second-order valence-corrected chi connectivity index (χ2v) is 5.30. The highest BCUT2D eigenvalue weighted by atomic mass is 35.5. The minimum Gasteiger partial charge on any atom is -0.389 e. The van der Waals surface area contributed by atoms with Gasteiger partial charge in [-0.25, -0.2) is 0 Å². The third-order valence-corrected chi connectivity index (χ3v) is 3.77. The fraction of sp³-hybridized carbons (Fsp3) is 0.462. The monoisotopic (exact) mass is 270 g/mol. The molecule has 1 rings (SSSR count). The zero-order chi connectivity index (χ0) is 13.1. The molecule has 94 valence electrons. The highest BCUT2D eigenvalue weighted by molar-refractivity contribution is 7.80. The molecule has 4 heteroatoms. The molecule has 0 aliphatic rings. The Morgan fingerprint density at radius 2 is 2.00 bits per heavy atom. The van der Waals surface area contributed by atoms with E-state index in [4.69, 9.17) is 29.6 Å². The van der Waals surface area contributed by atoms with Crippen molar-refractivity contribution in [3.05, 3.63) is 28.8 Å². The van der Waals surface area contributed by atoms with E-state index in [1.54, 1.807) is 0 Å². The number of hydrogen-bond donors (Lipinski definition) is 2. The molecule has 0 heterocycles. The molecule has 0 spiro atoms. The molecule has 0 saturated heterocycles. The summed E-state index contributed by atoms with van der Waals surface area (Å²) in [6.45, 7) is 6.53. The minimum absolute atomic E-state index is 0.0913. The Morgan fingerprint density at radius 1 is 1.41 bits per heavy atom. The predicted octanol–water partition coefficient (Wildman–Crippen LogP) is 3.96. The molecular formula is C13H19ClN2S. The largest absolute Gasteiger partial charge is 0.389 e. The maximum Gasteiger partial charge on any atom is 0.105 e. The zero-order valence-corrected chi connectivity index (χ0v) is 12.1. The average Bonchev–Trinajstić information content (AvgIpc) is 2.28. The van der Waals surface area contributed by atoms with Crippen LogP contribution in [0.4, 0.5) is 5.69 Å². The first-order valence-electron chi connectivity index (χ1n) is 5.79. The maximum absolute atomic E-state index is 6.13. The lowest BCUT2D eigenvalue weighted by Gasteiger charge is -2.29. The Balaban J connectivity index is 2.95. The normalized spacial score (nSPS) is 11.3. The van der Waals surface area contributed by atoms with Crippen LogP contribution in [0.2, 0.25) is 5.02 Å². The van der Waals surface area contributed by atoms with Crippen molar-refractivity contribution in [2.24, 2.45) is 5.73 Å². The summed E-state index contributed by atoms with van der Waals surface area (Å²) in [7, 11) is 0. The molecular weight excluding hydrogens is 252 g/mol. The van der Waals surface area contributed by atoms with Crippen molar-refractivity contribution in [2.75, 3.05) is 5.32 Å². The Kier molecular flexibility index (Phi) is 4.78. The number of nitrogens with two attached hydrogens (primary N) is 1. The average molecular weight is 271 g/mol. The van der Waals surface area contributed by atoms with E-state index in [0.29, 0.717) is 10.0 Å². The van der Waals surface area contributed by atoms with Gasteiger partial charge in [-0.15, -0.1) is 0 Å². The number of benzene rings is 1. The first-order valence-corrected chi connectivity index (χ1v) is 6.58. The van der Waals surface area contributed by atoms with Crippen LogP contribution in [-0.2, 0) is 0 Å². The molecule has 3 N–H and O–H groups in total. The minimum atomic E-state index is 0.0913. The van der Waals surface area contributed by atoms with Crippen LogP contribution in [0.3, 0.4) is 0 Å². The van der Waals surface area contributed by atoms with Crippen LogP contribution >= 0.6 is 23.8 Å². The SMILES string of the molecule is CCC(C)(CC)Nc1ccc(C(N)=S)c(Cl)c1. The molecule has 17 heavy (non-hydrogen) atoms. The van der Waals surface area contributed by atoms with Gasteiger partial charge in [0.05, 0.1) is 5.02 Å². The van der Waals surface area contributed by atoms with Crippen LogP contribution in [0.25, 0.3) is 0 Å². The first kappa shape index (κ1) is 14.3. The molecule has 0 bridgehead atoms. The van der Waals surface area contributed by atoms with Gasteiger partial charge in [0.15, 0.2) is 0 Å². The number of anilines is 1. The summed E-state index contributed by atoms with van der Waals surface area (Å²) in [5.74, 6) is 0. The summed E-state index contributed by atoms with van der Waals surface area (Å²) in [5, 5.41) is 4.09. The van der Waals surface area contributed by atoms with Crippen molar-refractivity contribution in [1.29, 1.82) is 0 Å². The first-order chi connectivity index (χ1) is 7.91. The fourth-order valence-electron chi connectivity index (χ4n) is 1.57. The molecule has 0 atom stereocenters. The van der Waals surface area contributed by atoms with E-state index in [-0.39, 0.29) is 5.54 Å². The highest BCUT2D eigenvalue weighted by Gasteiger charge is 2.19. The van der Waals surface area contributed by atoms with Gasteiger partial charge in [0.2, 0.25) is 0 Å². The number of hydrogen-bond acceptors (Lipinski definition) is 2. The lowest BCUT2D eigenvalue weighted by molar-refractivity contribution is 0.478. The van der Waals surface area contributed by atoms with Gasteiger partial charge in [0.1, 0.15) is 4.99 Å². The van der Waals surface area contributed by atoms with Gasteiger partial charge in [0.25, 0.3) is 0 Å². The van der Waals surface area contributed by atoms with Crippen molar-refractivity contribution in [1.82, 2.24) is 0 Å². The van der Waals surface area contributed by atoms with Gasteiger partial charge >= 0.3 is 0 Å². The van der Waals surface area contributed by atoms with Gasteiger partial charge in [0, 0.05) is 16.8 Å². The summed E-state index contributed by atoms with van der Waals surface area (Å²) in [6.07, 6.45) is 2.11. The quantitative estimate of drug-likeness (QED) is 0.796. The molecule has 0 radical (unpaired) electrons. The standard InChI is InChI=1S/C13H19ClN2S/c1-4-13(3,5-2)16-9-6-7-10(12(15)17)11(14)8-9/h6-8,16H,4-5H2,1-3H3,(H2,15,17). The van der Waals surface area contributed by atoms with Crippen LogP contribution in [0, 0.1) is 0 Å². The van der Waals surface area contributed by atoms with Crippen LogP contribution < -0.4 is 11.1 Å². The maximum atomic E-state index is 6.13. The smallest absolute Gasteiger partial charge is 0.105 e. The van der Waals surface area contributed by atoms with Gasteiger partial charge in [-0.3, -0.25) is 0 Å². The van der Waals surface area contributed by atoms with Crippen molar-refractivity contribution in [2.45, 2.75) is 39.2 Å². The summed E-state index contributed by atoms with van der Waals surface area (Å²) in [6, 6.07) is 5.70. The molecule has 1 aromatic rings. The van der Waals surface area contributed by atoms with Gasteiger partial charge < -0.3 is 11.1 Å². The molecule has 0 aliphatic carbocycles. The van der Waals surface area contributed by atoms with Crippen molar-refractivity contribution in [3.63, 3.8) is 0 Å². The third kappa shape index (κ3) is 3.58. The second kappa shape index (κ2) is 5.69. The van der Waals surface area contributed by atoms with Gasteiger partial charge in [-0.2, -0.15) is 0 Å². The summed E-state index contributed by atoms with van der Waals surface area (Å²) >= 11 is 11.1. The summed E-state index contributed by atoms with van der Waals surface area (Å²) < 4.78 is 0. The van der Waals surface area contributed by atoms with Crippen LogP contribution in [0.1, 0.15) is 39.2 Å². The van der Waals surface area contributed by atoms with E-state index in [2.05, 4.69) is 26.1 Å². The lowest BCUT2D eigenvalue weighted by atomic mass is 9.95. The predicted molar refractivity (Wildman–Crippen MR) is 79.9 cm³/mol. The van der Waals surface area contributed by atoms with Crippen molar-refractivity contribution >= 4 is 34.5 Å². The Hall–Kier alpha value is -0.800. The fourth-order valence-corrected chi connectivity index (χ4v) is 2.08. The summed E-state index contributed by atoms with van der Waals surface area (Å²) in [4.78, 5) is 0.329. The summed E-state index contributed by atoms with van der Waals surface area (Å²) in [5.41, 5.74) is 7.39. The second-order valence-electron chi connectivity index (χ2n) is 4.45. The Morgan fingerprint density at radius 3 is 2.41 bits per heavy atom. The zero-order valence-electron chi connectivity index (χ0n) is 10.5. The Bertz CT molecular complexity index is 414. The highest BCUT2D eigenvalue weighted by Crippen LogP contribution is 2.26. The molecule has 0 fully saturated rings. The third-order valence-electron chi connectivity index (χ3n) is 3.24. The molecule has 0 saturated carbocycles. The van der Waals surface area contributed by atoms with Crippen LogP contribution in [0.5, 0.6) is 0 Å². The van der Waals surface area contributed by atoms with Crippen LogP contribution in [-0.4, -0.2) is 10.5 Å². The van der Waals surface area contributed by atoms with E-state index >= 15 is 0 Å². The Labute approximate surface area is 114 Å². The van der Waals surface area contributed by atoms with E-state index < -0.39 is 0 Å². The lowest BCUT2D eigenvalue weighted by Crippen LogP contribution is -2.32. The number of thiocarbonyl (C=S) groups is 1. The van der Waals surface area contributed by atoms with E-state index in [9.17, 15) is 0 Å². The van der Waals surface area contributed by atoms with Crippen LogP contribution in [0.15, 0.2) is 18.2 Å². The van der Waals surface area contributed by atoms with E-state index in [1.165, 1.54) is 0 Å². The van der Waals surface area contributed by atoms with Gasteiger partial charge in [-0.05, 0) is 38.0 Å². The van der Waals surface area contributed by atoms with E-state index in [1.807, 2.05) is 18.2 Å². The van der Waals surface area contributed by atoms with E-state index in [0.717, 1.165) is 24.1 Å². The number of rotatable bonds is 5. The number of halogens is 1.